The average Bonchev–Trinajstić information content (AvgIpc) is 2.66. The molecular weight excluding hydrogens is 354 g/mol. The second kappa shape index (κ2) is 8.31. The van der Waals surface area contributed by atoms with Crippen LogP contribution in [0.25, 0.3) is 11.1 Å². The third-order valence-electron chi connectivity index (χ3n) is 4.29. The fraction of sp³-hybridized carbons (Fsp3) is 0.333. The Balaban J connectivity index is 1.54. The Hall–Kier alpha value is -3.06. The zero-order valence-electron chi connectivity index (χ0n) is 16.5. The van der Waals surface area contributed by atoms with E-state index in [2.05, 4.69) is 28.2 Å². The van der Waals surface area contributed by atoms with Crippen molar-refractivity contribution in [1.29, 1.82) is 0 Å². The van der Waals surface area contributed by atoms with Gasteiger partial charge in [0.05, 0.1) is 13.2 Å². The summed E-state index contributed by atoms with van der Waals surface area (Å²) in [6, 6.07) is 18.3. The van der Waals surface area contributed by atoms with Crippen molar-refractivity contribution in [1.82, 2.24) is 5.06 Å². The molecule has 0 bridgehead atoms. The summed E-state index contributed by atoms with van der Waals surface area (Å²) in [5, 5.41) is 1.48. The van der Waals surface area contributed by atoms with Crippen molar-refractivity contribution in [2.45, 2.75) is 26.4 Å². The number of rotatable bonds is 7. The molecule has 0 radical (unpaired) electrons. The fourth-order valence-corrected chi connectivity index (χ4v) is 2.90. The number of ether oxygens (including phenoxy) is 1. The zero-order chi connectivity index (χ0) is 20.1. The van der Waals surface area contributed by atoms with E-state index in [1.54, 1.807) is 0 Å². The molecule has 7 nitrogen and oxygen atoms in total. The molecule has 0 spiro atoms. The summed E-state index contributed by atoms with van der Waals surface area (Å²) in [7, 11) is 0. The molecule has 0 saturated heterocycles. The number of hydroxylamine groups is 2. The third-order valence-corrected chi connectivity index (χ3v) is 4.29. The SMILES string of the molecule is C[C@@H](COc1cccc(-c2ccccc2)c1)CON1C(N)=NC(N)=NC1(C)C. The van der Waals surface area contributed by atoms with Crippen molar-refractivity contribution in [2.75, 3.05) is 13.2 Å². The molecule has 0 unspecified atom stereocenters. The van der Waals surface area contributed by atoms with Gasteiger partial charge in [-0.1, -0.05) is 49.4 Å². The van der Waals surface area contributed by atoms with Crippen LogP contribution >= 0.6 is 0 Å². The van der Waals surface area contributed by atoms with E-state index in [-0.39, 0.29) is 17.8 Å². The highest BCUT2D eigenvalue weighted by Gasteiger charge is 2.33. The van der Waals surface area contributed by atoms with Crippen LogP contribution in [-0.4, -0.2) is 35.9 Å². The van der Waals surface area contributed by atoms with Crippen molar-refractivity contribution in [3.8, 4) is 16.9 Å². The van der Waals surface area contributed by atoms with Gasteiger partial charge in [0.15, 0.2) is 5.66 Å². The summed E-state index contributed by atoms with van der Waals surface area (Å²) in [4.78, 5) is 14.1. The zero-order valence-corrected chi connectivity index (χ0v) is 16.5. The van der Waals surface area contributed by atoms with Gasteiger partial charge in [-0.05, 0) is 37.1 Å². The first-order chi connectivity index (χ1) is 13.3. The first-order valence-corrected chi connectivity index (χ1v) is 9.26. The van der Waals surface area contributed by atoms with E-state index in [4.69, 9.17) is 21.0 Å². The Morgan fingerprint density at radius 3 is 2.43 bits per heavy atom. The summed E-state index contributed by atoms with van der Waals surface area (Å²) in [6.07, 6.45) is 0. The van der Waals surface area contributed by atoms with Crippen LogP contribution in [0, 0.1) is 5.92 Å². The Labute approximate surface area is 165 Å². The van der Waals surface area contributed by atoms with Crippen LogP contribution < -0.4 is 16.2 Å². The van der Waals surface area contributed by atoms with E-state index in [1.807, 2.05) is 57.2 Å². The summed E-state index contributed by atoms with van der Waals surface area (Å²) < 4.78 is 5.96. The second-order valence-electron chi connectivity index (χ2n) is 7.33. The summed E-state index contributed by atoms with van der Waals surface area (Å²) >= 11 is 0. The van der Waals surface area contributed by atoms with Crippen molar-refractivity contribution in [3.63, 3.8) is 0 Å². The standard InChI is InChI=1S/C21H27N5O2/c1-15(14-28-26-20(23)24-19(22)25-21(26,2)3)13-27-18-11-7-10-17(12-18)16-8-5-4-6-9-16/h4-12,15H,13-14H2,1-3H3,(H4,22,23,24,25)/t15-/m0/s1. The maximum Gasteiger partial charge on any atom is 0.226 e. The molecule has 0 aliphatic carbocycles. The van der Waals surface area contributed by atoms with Gasteiger partial charge in [-0.3, -0.25) is 4.84 Å². The van der Waals surface area contributed by atoms with Gasteiger partial charge in [-0.15, -0.1) is 0 Å². The van der Waals surface area contributed by atoms with E-state index in [0.717, 1.165) is 16.9 Å². The smallest absolute Gasteiger partial charge is 0.226 e. The summed E-state index contributed by atoms with van der Waals surface area (Å²) in [5.74, 6) is 1.30. The first-order valence-electron chi connectivity index (χ1n) is 9.26. The maximum atomic E-state index is 5.96. The topological polar surface area (TPSA) is 98.5 Å². The molecule has 1 atom stereocenters. The molecule has 2 aromatic carbocycles. The van der Waals surface area contributed by atoms with E-state index in [9.17, 15) is 0 Å². The molecule has 1 aliphatic heterocycles. The Morgan fingerprint density at radius 2 is 1.71 bits per heavy atom. The van der Waals surface area contributed by atoms with Gasteiger partial charge in [0.2, 0.25) is 11.9 Å². The van der Waals surface area contributed by atoms with Crippen LogP contribution in [0.2, 0.25) is 0 Å². The Bertz CT molecular complexity index is 864. The van der Waals surface area contributed by atoms with Gasteiger partial charge in [0.25, 0.3) is 0 Å². The predicted molar refractivity (Wildman–Crippen MR) is 112 cm³/mol. The lowest BCUT2D eigenvalue weighted by Gasteiger charge is -2.37. The van der Waals surface area contributed by atoms with Gasteiger partial charge in [0, 0.05) is 5.92 Å². The lowest BCUT2D eigenvalue weighted by molar-refractivity contribution is -0.167. The van der Waals surface area contributed by atoms with Crippen molar-refractivity contribution >= 4 is 11.9 Å². The normalized spacial score (nSPS) is 16.9. The van der Waals surface area contributed by atoms with Crippen LogP contribution in [0.3, 0.4) is 0 Å². The number of benzene rings is 2. The number of nitrogens with zero attached hydrogens (tertiary/aromatic N) is 3. The molecule has 0 amide bonds. The molecule has 4 N–H and O–H groups in total. The minimum atomic E-state index is -0.708. The van der Waals surface area contributed by atoms with Gasteiger partial charge < -0.3 is 16.2 Å². The molecule has 1 aliphatic rings. The van der Waals surface area contributed by atoms with Crippen molar-refractivity contribution < 1.29 is 9.57 Å². The van der Waals surface area contributed by atoms with Gasteiger partial charge in [-0.2, -0.15) is 10.1 Å². The number of hydrogen-bond acceptors (Lipinski definition) is 7. The highest BCUT2D eigenvalue weighted by molar-refractivity contribution is 5.95. The van der Waals surface area contributed by atoms with E-state index in [0.29, 0.717) is 13.2 Å². The predicted octanol–water partition coefficient (Wildman–Crippen LogP) is 2.98. The molecule has 7 heteroatoms. The number of nitrogens with two attached hydrogens (primary N) is 2. The molecular formula is C21H27N5O2. The number of hydrogen-bond donors (Lipinski definition) is 2. The van der Waals surface area contributed by atoms with Crippen molar-refractivity contribution in [2.24, 2.45) is 27.4 Å². The summed E-state index contributed by atoms with van der Waals surface area (Å²) in [6.45, 7) is 6.68. The quantitative estimate of drug-likeness (QED) is 0.768. The second-order valence-corrected chi connectivity index (χ2v) is 7.33. The number of guanidine groups is 2. The number of aliphatic imine (C=N–C) groups is 2. The average molecular weight is 381 g/mol. The minimum Gasteiger partial charge on any atom is -0.493 e. The first kappa shape index (κ1) is 19.7. The van der Waals surface area contributed by atoms with E-state index < -0.39 is 5.66 Å². The molecule has 1 heterocycles. The van der Waals surface area contributed by atoms with Crippen LogP contribution in [0.15, 0.2) is 64.6 Å². The van der Waals surface area contributed by atoms with Gasteiger partial charge in [0.1, 0.15) is 5.75 Å². The minimum absolute atomic E-state index is 0.132. The summed E-state index contributed by atoms with van der Waals surface area (Å²) in [5.41, 5.74) is 13.2. The van der Waals surface area contributed by atoms with Crippen LogP contribution in [0.1, 0.15) is 20.8 Å². The van der Waals surface area contributed by atoms with E-state index >= 15 is 0 Å². The molecule has 148 valence electrons. The highest BCUT2D eigenvalue weighted by atomic mass is 16.7. The van der Waals surface area contributed by atoms with E-state index in [1.165, 1.54) is 5.06 Å². The van der Waals surface area contributed by atoms with Gasteiger partial charge in [-0.25, -0.2) is 4.99 Å². The highest BCUT2D eigenvalue weighted by Crippen LogP contribution is 2.24. The molecule has 0 fully saturated rings. The lowest BCUT2D eigenvalue weighted by Crippen LogP contribution is -2.54. The van der Waals surface area contributed by atoms with Crippen molar-refractivity contribution in [3.05, 3.63) is 54.6 Å². The largest absolute Gasteiger partial charge is 0.493 e. The Kier molecular flexibility index (Phi) is 5.84. The lowest BCUT2D eigenvalue weighted by atomic mass is 10.1. The molecule has 28 heavy (non-hydrogen) atoms. The van der Waals surface area contributed by atoms with Crippen LogP contribution in [0.4, 0.5) is 0 Å². The monoisotopic (exact) mass is 381 g/mol. The van der Waals surface area contributed by atoms with Gasteiger partial charge >= 0.3 is 0 Å². The molecule has 2 aromatic rings. The maximum absolute atomic E-state index is 5.96. The fourth-order valence-electron chi connectivity index (χ4n) is 2.90. The molecule has 0 aromatic heterocycles. The molecule has 0 saturated carbocycles. The van der Waals surface area contributed by atoms with Crippen LogP contribution in [-0.2, 0) is 4.84 Å². The van der Waals surface area contributed by atoms with Crippen LogP contribution in [0.5, 0.6) is 5.75 Å². The third kappa shape index (κ3) is 4.80. The Morgan fingerprint density at radius 1 is 1.00 bits per heavy atom. The molecule has 3 rings (SSSR count).